The Bertz CT molecular complexity index is 909. The highest BCUT2D eigenvalue weighted by Gasteiger charge is 2.14. The number of nitrogens with one attached hydrogen (secondary N) is 1. The number of rotatable bonds is 6. The normalized spacial score (nSPS) is 11.2. The van der Waals surface area contributed by atoms with Crippen LogP contribution in [0.25, 0.3) is 0 Å². The molecule has 1 aromatic heterocycles. The van der Waals surface area contributed by atoms with Gasteiger partial charge in [0.05, 0.1) is 4.90 Å². The minimum absolute atomic E-state index is 0.152. The highest BCUT2D eigenvalue weighted by Crippen LogP contribution is 2.20. The minimum Gasteiger partial charge on any atom is -0.486 e. The van der Waals surface area contributed by atoms with E-state index in [0.29, 0.717) is 21.6 Å². The van der Waals surface area contributed by atoms with Gasteiger partial charge in [0.15, 0.2) is 5.01 Å². The molecule has 0 aliphatic heterocycles. The number of hydrogen-bond donors (Lipinski definition) is 2. The lowest BCUT2D eigenvalue weighted by molar-refractivity contribution is 0.304. The number of nitrogens with zero attached hydrogens (tertiary/aromatic N) is 2. The highest BCUT2D eigenvalue weighted by molar-refractivity contribution is 7.92. The van der Waals surface area contributed by atoms with Crippen molar-refractivity contribution in [3.63, 3.8) is 0 Å². The standard InChI is InChI=1S/C15H14N4O3S2/c16-15-18-17-14(23-15)10-22-12-6-8-13(9-7-12)24(20,21)19-11-4-2-1-3-5-11/h1-9,19H,10H2,(H2,16,18). The van der Waals surface area contributed by atoms with E-state index in [1.165, 1.54) is 23.5 Å². The minimum atomic E-state index is -3.64. The van der Waals surface area contributed by atoms with E-state index in [2.05, 4.69) is 14.9 Å². The molecule has 1 heterocycles. The molecule has 3 N–H and O–H groups in total. The van der Waals surface area contributed by atoms with Gasteiger partial charge < -0.3 is 10.5 Å². The summed E-state index contributed by atoms with van der Waals surface area (Å²) >= 11 is 1.24. The van der Waals surface area contributed by atoms with Crippen molar-refractivity contribution in [3.8, 4) is 5.75 Å². The maximum Gasteiger partial charge on any atom is 0.261 e. The summed E-state index contributed by atoms with van der Waals surface area (Å²) in [6.45, 7) is 0.225. The van der Waals surface area contributed by atoms with Crippen LogP contribution in [0.3, 0.4) is 0 Å². The first-order valence-corrected chi connectivity index (χ1v) is 9.21. The maximum absolute atomic E-state index is 12.3. The largest absolute Gasteiger partial charge is 0.486 e. The first-order chi connectivity index (χ1) is 11.5. The van der Waals surface area contributed by atoms with Crippen LogP contribution in [-0.2, 0) is 16.6 Å². The second kappa shape index (κ2) is 6.85. The van der Waals surface area contributed by atoms with Gasteiger partial charge in [-0.1, -0.05) is 29.5 Å². The van der Waals surface area contributed by atoms with Crippen LogP contribution < -0.4 is 15.2 Å². The van der Waals surface area contributed by atoms with Gasteiger partial charge in [0.1, 0.15) is 12.4 Å². The molecule has 0 spiro atoms. The van der Waals surface area contributed by atoms with Crippen molar-refractivity contribution < 1.29 is 13.2 Å². The van der Waals surface area contributed by atoms with Crippen LogP contribution in [0.5, 0.6) is 5.75 Å². The third-order valence-electron chi connectivity index (χ3n) is 3.00. The molecule has 0 unspecified atom stereocenters. The van der Waals surface area contributed by atoms with E-state index in [1.807, 2.05) is 6.07 Å². The number of ether oxygens (including phenoxy) is 1. The van der Waals surface area contributed by atoms with Crippen LogP contribution in [-0.4, -0.2) is 18.6 Å². The number of hydrogen-bond acceptors (Lipinski definition) is 7. The van der Waals surface area contributed by atoms with E-state index in [0.717, 1.165) is 0 Å². The number of nitrogens with two attached hydrogens (primary N) is 1. The molecule has 0 saturated carbocycles. The Morgan fingerprint density at radius 2 is 1.75 bits per heavy atom. The van der Waals surface area contributed by atoms with Crippen molar-refractivity contribution in [2.24, 2.45) is 0 Å². The molecule has 0 atom stereocenters. The topological polar surface area (TPSA) is 107 Å². The zero-order chi connectivity index (χ0) is 17.0. The van der Waals surface area contributed by atoms with Crippen LogP contribution in [0.2, 0.25) is 0 Å². The van der Waals surface area contributed by atoms with E-state index in [4.69, 9.17) is 10.5 Å². The summed E-state index contributed by atoms with van der Waals surface area (Å²) in [4.78, 5) is 0.152. The third kappa shape index (κ3) is 4.00. The molecule has 0 fully saturated rings. The fraction of sp³-hybridized carbons (Fsp3) is 0.0667. The summed E-state index contributed by atoms with van der Waals surface area (Å²) in [5, 5.41) is 8.57. The Hall–Kier alpha value is -2.65. The molecule has 0 aliphatic carbocycles. The molecule has 7 nitrogen and oxygen atoms in total. The zero-order valence-corrected chi connectivity index (χ0v) is 14.0. The number of benzene rings is 2. The van der Waals surface area contributed by atoms with Gasteiger partial charge in [-0.05, 0) is 36.4 Å². The van der Waals surface area contributed by atoms with Gasteiger partial charge in [-0.2, -0.15) is 0 Å². The Morgan fingerprint density at radius 3 is 2.38 bits per heavy atom. The van der Waals surface area contributed by atoms with Crippen molar-refractivity contribution in [3.05, 3.63) is 59.6 Å². The third-order valence-corrected chi connectivity index (χ3v) is 5.13. The van der Waals surface area contributed by atoms with Crippen LogP contribution in [0.4, 0.5) is 10.8 Å². The molecule has 0 amide bonds. The number of nitrogen functional groups attached to an aromatic ring is 1. The number of para-hydroxylation sites is 1. The van der Waals surface area contributed by atoms with E-state index in [1.54, 1.807) is 36.4 Å². The second-order valence-electron chi connectivity index (χ2n) is 4.77. The van der Waals surface area contributed by atoms with Crippen molar-refractivity contribution in [2.45, 2.75) is 11.5 Å². The zero-order valence-electron chi connectivity index (χ0n) is 12.4. The smallest absolute Gasteiger partial charge is 0.261 e. The van der Waals surface area contributed by atoms with E-state index in [9.17, 15) is 8.42 Å². The predicted molar refractivity (Wildman–Crippen MR) is 92.3 cm³/mol. The molecule has 9 heteroatoms. The monoisotopic (exact) mass is 362 g/mol. The summed E-state index contributed by atoms with van der Waals surface area (Å²) in [6, 6.07) is 14.8. The molecule has 0 bridgehead atoms. The molecule has 3 rings (SSSR count). The average molecular weight is 362 g/mol. The average Bonchev–Trinajstić information content (AvgIpc) is 2.99. The number of anilines is 2. The molecule has 0 aliphatic rings. The van der Waals surface area contributed by atoms with Gasteiger partial charge >= 0.3 is 0 Å². The molecule has 3 aromatic rings. The molecule has 0 saturated heterocycles. The Kier molecular flexibility index (Phi) is 4.63. The number of aromatic nitrogens is 2. The Morgan fingerprint density at radius 1 is 1.04 bits per heavy atom. The first kappa shape index (κ1) is 16.2. The quantitative estimate of drug-likeness (QED) is 0.698. The van der Waals surface area contributed by atoms with Gasteiger partial charge in [0.25, 0.3) is 10.0 Å². The van der Waals surface area contributed by atoms with Gasteiger partial charge in [0, 0.05) is 5.69 Å². The molecule has 24 heavy (non-hydrogen) atoms. The molecule has 2 aromatic carbocycles. The van der Waals surface area contributed by atoms with Gasteiger partial charge in [-0.3, -0.25) is 4.72 Å². The summed E-state index contributed by atoms with van der Waals surface area (Å²) < 4.78 is 32.7. The van der Waals surface area contributed by atoms with Gasteiger partial charge in [-0.15, -0.1) is 10.2 Å². The van der Waals surface area contributed by atoms with Crippen molar-refractivity contribution in [1.82, 2.24) is 10.2 Å². The SMILES string of the molecule is Nc1nnc(COc2ccc(S(=O)(=O)Nc3ccccc3)cc2)s1. The number of sulfonamides is 1. The molecule has 0 radical (unpaired) electrons. The lowest BCUT2D eigenvalue weighted by Gasteiger charge is -2.09. The lowest BCUT2D eigenvalue weighted by atomic mass is 10.3. The Balaban J connectivity index is 1.67. The first-order valence-electron chi connectivity index (χ1n) is 6.91. The van der Waals surface area contributed by atoms with Crippen LogP contribution in [0, 0.1) is 0 Å². The Labute approximate surface area is 143 Å². The van der Waals surface area contributed by atoms with Crippen LogP contribution >= 0.6 is 11.3 Å². The fourth-order valence-corrected chi connectivity index (χ4v) is 3.49. The highest BCUT2D eigenvalue weighted by atomic mass is 32.2. The van der Waals surface area contributed by atoms with Crippen molar-refractivity contribution >= 4 is 32.2 Å². The van der Waals surface area contributed by atoms with E-state index in [-0.39, 0.29) is 11.5 Å². The van der Waals surface area contributed by atoms with Crippen LogP contribution in [0.15, 0.2) is 59.5 Å². The summed E-state index contributed by atoms with van der Waals surface area (Å²) in [7, 11) is -3.64. The van der Waals surface area contributed by atoms with Crippen LogP contribution in [0.1, 0.15) is 5.01 Å². The van der Waals surface area contributed by atoms with Crippen molar-refractivity contribution in [2.75, 3.05) is 10.5 Å². The van der Waals surface area contributed by atoms with E-state index >= 15 is 0 Å². The molecular weight excluding hydrogens is 348 g/mol. The summed E-state index contributed by atoms with van der Waals surface area (Å²) in [6.07, 6.45) is 0. The van der Waals surface area contributed by atoms with Crippen molar-refractivity contribution in [1.29, 1.82) is 0 Å². The van der Waals surface area contributed by atoms with E-state index < -0.39 is 10.0 Å². The molecular formula is C15H14N4O3S2. The second-order valence-corrected chi connectivity index (χ2v) is 7.54. The maximum atomic E-state index is 12.3. The fourth-order valence-electron chi connectivity index (χ4n) is 1.91. The van der Waals surface area contributed by atoms with Gasteiger partial charge in [0.2, 0.25) is 5.13 Å². The van der Waals surface area contributed by atoms with Gasteiger partial charge in [-0.25, -0.2) is 8.42 Å². The summed E-state index contributed by atoms with van der Waals surface area (Å²) in [5.74, 6) is 0.530. The molecule has 124 valence electrons. The predicted octanol–water partition coefficient (Wildman–Crippen LogP) is 2.50. The summed E-state index contributed by atoms with van der Waals surface area (Å²) in [5.41, 5.74) is 6.00. The lowest BCUT2D eigenvalue weighted by Crippen LogP contribution is -2.12.